The van der Waals surface area contributed by atoms with E-state index in [1.807, 2.05) is 53.2 Å². The maximum absolute atomic E-state index is 12.5. The standard InChI is InChI=1S/C20H23ClN4O2/c1-3-10-24(12-16-13-25-11-15(21)8-9-19(25)22-16)14-20(26)23-17-6-4-5-7-18(17)27-2/h4-9,11,13H,3,10,12,14H2,1-2H3,(H,23,26). The molecule has 0 aliphatic carbocycles. The highest BCUT2D eigenvalue weighted by Gasteiger charge is 2.14. The van der Waals surface area contributed by atoms with Crippen LogP contribution in [0.25, 0.3) is 5.65 Å². The number of halogens is 1. The lowest BCUT2D eigenvalue weighted by atomic mass is 10.3. The molecule has 0 saturated heterocycles. The summed E-state index contributed by atoms with van der Waals surface area (Å²) in [6, 6.07) is 11.1. The van der Waals surface area contributed by atoms with Crippen molar-refractivity contribution in [2.45, 2.75) is 19.9 Å². The van der Waals surface area contributed by atoms with E-state index in [0.29, 0.717) is 23.0 Å². The molecule has 0 atom stereocenters. The van der Waals surface area contributed by atoms with Crippen LogP contribution in [0.2, 0.25) is 5.02 Å². The van der Waals surface area contributed by atoms with E-state index in [1.165, 1.54) is 0 Å². The topological polar surface area (TPSA) is 58.9 Å². The van der Waals surface area contributed by atoms with Crippen LogP contribution in [-0.4, -0.2) is 40.4 Å². The largest absolute Gasteiger partial charge is 0.495 e. The minimum absolute atomic E-state index is 0.0836. The first-order valence-corrected chi connectivity index (χ1v) is 9.25. The van der Waals surface area contributed by atoms with Crippen molar-refractivity contribution in [1.29, 1.82) is 0 Å². The number of nitrogens with one attached hydrogen (secondary N) is 1. The summed E-state index contributed by atoms with van der Waals surface area (Å²) < 4.78 is 7.19. The van der Waals surface area contributed by atoms with E-state index in [-0.39, 0.29) is 12.5 Å². The third-order valence-corrected chi connectivity index (χ3v) is 4.36. The SMILES string of the molecule is CCCN(CC(=O)Nc1ccccc1OC)Cc1cn2cc(Cl)ccc2n1. The zero-order chi connectivity index (χ0) is 19.2. The Morgan fingerprint density at radius 2 is 2.07 bits per heavy atom. The second kappa shape index (κ2) is 8.88. The minimum atomic E-state index is -0.0836. The number of ether oxygens (including phenoxy) is 1. The number of para-hydroxylation sites is 2. The normalized spacial score (nSPS) is 11.1. The molecular weight excluding hydrogens is 364 g/mol. The number of pyridine rings is 1. The van der Waals surface area contributed by atoms with Gasteiger partial charge in [0.25, 0.3) is 0 Å². The van der Waals surface area contributed by atoms with Gasteiger partial charge in [-0.25, -0.2) is 4.98 Å². The van der Waals surface area contributed by atoms with Crippen LogP contribution in [0, 0.1) is 0 Å². The van der Waals surface area contributed by atoms with Crippen molar-refractivity contribution in [2.75, 3.05) is 25.5 Å². The van der Waals surface area contributed by atoms with Gasteiger partial charge in [0.05, 0.1) is 30.1 Å². The van der Waals surface area contributed by atoms with Gasteiger partial charge < -0.3 is 14.5 Å². The van der Waals surface area contributed by atoms with Crippen LogP contribution in [0.3, 0.4) is 0 Å². The monoisotopic (exact) mass is 386 g/mol. The molecule has 3 aromatic rings. The number of aromatic nitrogens is 2. The molecule has 0 aliphatic heterocycles. The summed E-state index contributed by atoms with van der Waals surface area (Å²) in [5.41, 5.74) is 2.41. The Morgan fingerprint density at radius 1 is 1.26 bits per heavy atom. The average molecular weight is 387 g/mol. The molecule has 1 amide bonds. The number of hydrogen-bond donors (Lipinski definition) is 1. The Kier molecular flexibility index (Phi) is 6.32. The number of carbonyl (C=O) groups excluding carboxylic acids is 1. The summed E-state index contributed by atoms with van der Waals surface area (Å²) >= 11 is 6.03. The van der Waals surface area contributed by atoms with E-state index in [9.17, 15) is 4.79 Å². The maximum atomic E-state index is 12.5. The molecule has 0 spiro atoms. The highest BCUT2D eigenvalue weighted by atomic mass is 35.5. The first-order chi connectivity index (χ1) is 13.1. The Bertz CT molecular complexity index is 925. The molecule has 1 N–H and O–H groups in total. The summed E-state index contributed by atoms with van der Waals surface area (Å²) in [7, 11) is 1.59. The van der Waals surface area contributed by atoms with Crippen molar-refractivity contribution in [2.24, 2.45) is 0 Å². The fourth-order valence-electron chi connectivity index (χ4n) is 2.99. The van der Waals surface area contributed by atoms with Gasteiger partial charge in [-0.2, -0.15) is 0 Å². The molecule has 0 fully saturated rings. The molecule has 2 aromatic heterocycles. The Balaban J connectivity index is 1.68. The second-order valence-electron chi connectivity index (χ2n) is 6.30. The van der Waals surface area contributed by atoms with Crippen LogP contribution in [0.15, 0.2) is 48.8 Å². The summed E-state index contributed by atoms with van der Waals surface area (Å²) in [6.45, 7) is 3.76. The van der Waals surface area contributed by atoms with Gasteiger partial charge in [-0.1, -0.05) is 30.7 Å². The molecule has 0 saturated carbocycles. The number of carbonyl (C=O) groups is 1. The van der Waals surface area contributed by atoms with E-state index >= 15 is 0 Å². The molecule has 27 heavy (non-hydrogen) atoms. The Labute approximate surface area is 163 Å². The molecule has 142 valence electrons. The van der Waals surface area contributed by atoms with E-state index in [1.54, 1.807) is 7.11 Å². The smallest absolute Gasteiger partial charge is 0.238 e. The van der Waals surface area contributed by atoms with Gasteiger partial charge in [-0.15, -0.1) is 0 Å². The molecule has 0 unspecified atom stereocenters. The van der Waals surface area contributed by atoms with E-state index in [2.05, 4.69) is 22.1 Å². The van der Waals surface area contributed by atoms with Crippen LogP contribution in [-0.2, 0) is 11.3 Å². The van der Waals surface area contributed by atoms with Gasteiger partial charge >= 0.3 is 0 Å². The molecular formula is C20H23ClN4O2. The summed E-state index contributed by atoms with van der Waals surface area (Å²) in [6.07, 6.45) is 4.72. The summed E-state index contributed by atoms with van der Waals surface area (Å²) in [5, 5.41) is 3.58. The zero-order valence-corrected chi connectivity index (χ0v) is 16.2. The maximum Gasteiger partial charge on any atom is 0.238 e. The first kappa shape index (κ1) is 19.2. The molecule has 3 rings (SSSR count). The van der Waals surface area contributed by atoms with Gasteiger partial charge in [0, 0.05) is 18.9 Å². The highest BCUT2D eigenvalue weighted by Crippen LogP contribution is 2.23. The second-order valence-corrected chi connectivity index (χ2v) is 6.74. The lowest BCUT2D eigenvalue weighted by Crippen LogP contribution is -2.33. The molecule has 7 heteroatoms. The number of benzene rings is 1. The van der Waals surface area contributed by atoms with Crippen molar-refractivity contribution < 1.29 is 9.53 Å². The van der Waals surface area contributed by atoms with Crippen LogP contribution >= 0.6 is 11.6 Å². The van der Waals surface area contributed by atoms with Crippen LogP contribution in [0.1, 0.15) is 19.0 Å². The molecule has 1 aromatic carbocycles. The minimum Gasteiger partial charge on any atom is -0.495 e. The van der Waals surface area contributed by atoms with Crippen LogP contribution in [0.5, 0.6) is 5.75 Å². The lowest BCUT2D eigenvalue weighted by Gasteiger charge is -2.20. The Hall–Kier alpha value is -2.57. The van der Waals surface area contributed by atoms with Gasteiger partial charge in [-0.3, -0.25) is 9.69 Å². The van der Waals surface area contributed by atoms with E-state index in [4.69, 9.17) is 16.3 Å². The fourth-order valence-corrected chi connectivity index (χ4v) is 3.16. The lowest BCUT2D eigenvalue weighted by molar-refractivity contribution is -0.117. The van der Waals surface area contributed by atoms with Crippen molar-refractivity contribution >= 4 is 28.8 Å². The van der Waals surface area contributed by atoms with Crippen molar-refractivity contribution in [3.63, 3.8) is 0 Å². The van der Waals surface area contributed by atoms with Gasteiger partial charge in [0.1, 0.15) is 11.4 Å². The van der Waals surface area contributed by atoms with Gasteiger partial charge in [-0.05, 0) is 37.2 Å². The van der Waals surface area contributed by atoms with E-state index in [0.717, 1.165) is 24.3 Å². The van der Waals surface area contributed by atoms with Crippen molar-refractivity contribution in [1.82, 2.24) is 14.3 Å². The zero-order valence-electron chi connectivity index (χ0n) is 15.5. The molecule has 0 radical (unpaired) electrons. The number of hydrogen-bond acceptors (Lipinski definition) is 4. The number of anilines is 1. The van der Waals surface area contributed by atoms with Crippen molar-refractivity contribution in [3.05, 3.63) is 59.5 Å². The average Bonchev–Trinajstić information content (AvgIpc) is 3.03. The van der Waals surface area contributed by atoms with Gasteiger partial charge in [0.2, 0.25) is 5.91 Å². The number of amides is 1. The predicted molar refractivity (Wildman–Crippen MR) is 107 cm³/mol. The highest BCUT2D eigenvalue weighted by molar-refractivity contribution is 6.30. The number of methoxy groups -OCH3 is 1. The molecule has 6 nitrogen and oxygen atoms in total. The fraction of sp³-hybridized carbons (Fsp3) is 0.300. The third kappa shape index (κ3) is 4.99. The first-order valence-electron chi connectivity index (χ1n) is 8.87. The van der Waals surface area contributed by atoms with Crippen LogP contribution in [0.4, 0.5) is 5.69 Å². The number of imidazole rings is 1. The molecule has 0 bridgehead atoms. The van der Waals surface area contributed by atoms with Crippen LogP contribution < -0.4 is 10.1 Å². The number of nitrogens with zero attached hydrogens (tertiary/aromatic N) is 3. The number of rotatable bonds is 8. The summed E-state index contributed by atoms with van der Waals surface area (Å²) in [5.74, 6) is 0.560. The third-order valence-electron chi connectivity index (χ3n) is 4.14. The summed E-state index contributed by atoms with van der Waals surface area (Å²) in [4.78, 5) is 19.2. The van der Waals surface area contributed by atoms with E-state index < -0.39 is 0 Å². The number of fused-ring (bicyclic) bond motifs is 1. The Morgan fingerprint density at radius 3 is 2.85 bits per heavy atom. The molecule has 0 aliphatic rings. The van der Waals surface area contributed by atoms with Gasteiger partial charge in [0.15, 0.2) is 0 Å². The van der Waals surface area contributed by atoms with Crippen molar-refractivity contribution in [3.8, 4) is 5.75 Å². The molecule has 2 heterocycles. The quantitative estimate of drug-likeness (QED) is 0.638. The predicted octanol–water partition coefficient (Wildman–Crippen LogP) is 3.85.